The summed E-state index contributed by atoms with van der Waals surface area (Å²) in [5.41, 5.74) is 1.46. The quantitative estimate of drug-likeness (QED) is 0.712. The van der Waals surface area contributed by atoms with E-state index in [9.17, 15) is 4.79 Å². The lowest BCUT2D eigenvalue weighted by Crippen LogP contribution is -2.50. The maximum atomic E-state index is 12.8. The van der Waals surface area contributed by atoms with Gasteiger partial charge in [0.2, 0.25) is 5.91 Å². The van der Waals surface area contributed by atoms with Crippen LogP contribution in [0.4, 0.5) is 0 Å². The van der Waals surface area contributed by atoms with Crippen molar-refractivity contribution in [1.29, 1.82) is 0 Å². The lowest BCUT2D eigenvalue weighted by molar-refractivity contribution is -0.137. The van der Waals surface area contributed by atoms with Crippen molar-refractivity contribution in [3.63, 3.8) is 0 Å². The van der Waals surface area contributed by atoms with Crippen LogP contribution in [0.5, 0.6) is 0 Å². The van der Waals surface area contributed by atoms with Gasteiger partial charge in [-0.2, -0.15) is 11.8 Å². The molecule has 3 heterocycles. The molecular weight excluding hydrogens is 378 g/mol. The van der Waals surface area contributed by atoms with E-state index < -0.39 is 0 Å². The summed E-state index contributed by atoms with van der Waals surface area (Å²) in [6.45, 7) is 7.88. The molecule has 3 fully saturated rings. The Labute approximate surface area is 181 Å². The first-order chi connectivity index (χ1) is 14.3. The molecule has 1 amide bonds. The van der Waals surface area contributed by atoms with Crippen LogP contribution in [0.2, 0.25) is 0 Å². The summed E-state index contributed by atoms with van der Waals surface area (Å²) >= 11 is 1.98. The molecule has 0 radical (unpaired) electrons. The average molecular weight is 416 g/mol. The number of aryl methyl sites for hydroxylation is 1. The molecule has 1 aromatic carbocycles. The summed E-state index contributed by atoms with van der Waals surface area (Å²) in [6, 6.07) is 11.6. The Morgan fingerprint density at radius 2 is 1.59 bits per heavy atom. The summed E-state index contributed by atoms with van der Waals surface area (Å²) in [4.78, 5) is 20.3. The van der Waals surface area contributed by atoms with Gasteiger partial charge in [-0.1, -0.05) is 30.3 Å². The number of carbonyl (C=O) groups excluding carboxylic acids is 1. The van der Waals surface area contributed by atoms with E-state index in [-0.39, 0.29) is 5.92 Å². The van der Waals surface area contributed by atoms with E-state index in [1.54, 1.807) is 0 Å². The van der Waals surface area contributed by atoms with E-state index in [0.717, 1.165) is 56.6 Å². The highest BCUT2D eigenvalue weighted by atomic mass is 32.2. The molecule has 0 atom stereocenters. The molecule has 0 aliphatic carbocycles. The van der Waals surface area contributed by atoms with Crippen LogP contribution in [0, 0.1) is 5.92 Å². The predicted molar refractivity (Wildman–Crippen MR) is 122 cm³/mol. The molecule has 4 nitrogen and oxygen atoms in total. The molecule has 0 saturated carbocycles. The summed E-state index contributed by atoms with van der Waals surface area (Å²) in [5, 5.41) is 0. The number of likely N-dealkylation sites (tertiary alicyclic amines) is 2. The number of thioether (sulfide) groups is 1. The van der Waals surface area contributed by atoms with Gasteiger partial charge in [-0.25, -0.2) is 0 Å². The van der Waals surface area contributed by atoms with Gasteiger partial charge >= 0.3 is 0 Å². The second-order valence-corrected chi connectivity index (χ2v) is 10.1. The molecule has 0 unspecified atom stereocenters. The first-order valence-corrected chi connectivity index (χ1v) is 12.8. The highest BCUT2D eigenvalue weighted by Gasteiger charge is 2.32. The standard InChI is InChI=1S/C24H37N3OS/c28-24(27-17-19-29-20-18-27)22-8-15-26(16-9-22)23-10-13-25(14-11-23)12-4-7-21-5-2-1-3-6-21/h1-3,5-6,22-23H,4,7-20H2. The lowest BCUT2D eigenvalue weighted by Gasteiger charge is -2.42. The summed E-state index contributed by atoms with van der Waals surface area (Å²) < 4.78 is 0. The van der Waals surface area contributed by atoms with Crippen molar-refractivity contribution < 1.29 is 4.79 Å². The highest BCUT2D eigenvalue weighted by molar-refractivity contribution is 7.99. The maximum Gasteiger partial charge on any atom is 0.225 e. The monoisotopic (exact) mass is 415 g/mol. The van der Waals surface area contributed by atoms with E-state index in [1.807, 2.05) is 11.8 Å². The Kier molecular flexibility index (Phi) is 7.92. The molecular formula is C24H37N3OS. The van der Waals surface area contributed by atoms with Crippen molar-refractivity contribution in [3.05, 3.63) is 35.9 Å². The Morgan fingerprint density at radius 3 is 2.28 bits per heavy atom. The van der Waals surface area contributed by atoms with Crippen LogP contribution < -0.4 is 0 Å². The van der Waals surface area contributed by atoms with Gasteiger partial charge in [-0.3, -0.25) is 4.79 Å². The fourth-order valence-corrected chi connectivity index (χ4v) is 6.12. The van der Waals surface area contributed by atoms with Gasteiger partial charge in [0.05, 0.1) is 0 Å². The van der Waals surface area contributed by atoms with Gasteiger partial charge in [-0.15, -0.1) is 0 Å². The molecule has 3 aliphatic heterocycles. The van der Waals surface area contributed by atoms with Crippen LogP contribution >= 0.6 is 11.8 Å². The molecule has 3 saturated heterocycles. The first-order valence-electron chi connectivity index (χ1n) is 11.7. The Hall–Kier alpha value is -1.04. The number of benzene rings is 1. The van der Waals surface area contributed by atoms with Crippen molar-refractivity contribution in [2.75, 3.05) is 57.3 Å². The highest BCUT2D eigenvalue weighted by Crippen LogP contribution is 2.26. The predicted octanol–water partition coefficient (Wildman–Crippen LogP) is 3.37. The second kappa shape index (κ2) is 10.8. The van der Waals surface area contributed by atoms with E-state index in [2.05, 4.69) is 45.0 Å². The Balaban J connectivity index is 1.13. The third kappa shape index (κ3) is 5.99. The average Bonchev–Trinajstić information content (AvgIpc) is 2.80. The molecule has 5 heteroatoms. The third-order valence-corrected chi connectivity index (χ3v) is 8.00. The summed E-state index contributed by atoms with van der Waals surface area (Å²) in [5.74, 6) is 2.97. The van der Waals surface area contributed by atoms with E-state index in [0.29, 0.717) is 5.91 Å². The molecule has 0 spiro atoms. The third-order valence-electron chi connectivity index (χ3n) is 7.06. The normalized spacial score (nSPS) is 23.4. The second-order valence-electron chi connectivity index (χ2n) is 8.91. The molecule has 3 aliphatic rings. The van der Waals surface area contributed by atoms with Crippen molar-refractivity contribution in [1.82, 2.24) is 14.7 Å². The van der Waals surface area contributed by atoms with Crippen LogP contribution in [-0.4, -0.2) is 84.0 Å². The molecule has 160 valence electrons. The summed E-state index contributed by atoms with van der Waals surface area (Å²) in [7, 11) is 0. The first kappa shape index (κ1) is 21.2. The Bertz CT molecular complexity index is 618. The van der Waals surface area contributed by atoms with E-state index in [1.165, 1.54) is 50.9 Å². The summed E-state index contributed by atoms with van der Waals surface area (Å²) in [6.07, 6.45) is 7.19. The SMILES string of the molecule is O=C(C1CCN(C2CCN(CCCc3ccccc3)CC2)CC1)N1CCSCC1. The Morgan fingerprint density at radius 1 is 0.897 bits per heavy atom. The van der Waals surface area contributed by atoms with Gasteiger partial charge < -0.3 is 14.7 Å². The topological polar surface area (TPSA) is 26.8 Å². The molecule has 1 aromatic rings. The minimum Gasteiger partial charge on any atom is -0.341 e. The fourth-order valence-electron chi connectivity index (χ4n) is 5.21. The molecule has 4 rings (SSSR count). The molecule has 0 bridgehead atoms. The number of piperidine rings is 2. The van der Waals surface area contributed by atoms with Gasteiger partial charge in [0.15, 0.2) is 0 Å². The van der Waals surface area contributed by atoms with Gasteiger partial charge in [0, 0.05) is 36.6 Å². The minimum atomic E-state index is 0.285. The zero-order valence-corrected chi connectivity index (χ0v) is 18.6. The largest absolute Gasteiger partial charge is 0.341 e. The molecule has 0 aromatic heterocycles. The fraction of sp³-hybridized carbons (Fsp3) is 0.708. The van der Waals surface area contributed by atoms with E-state index >= 15 is 0 Å². The number of carbonyl (C=O) groups is 1. The zero-order chi connectivity index (χ0) is 19.9. The smallest absolute Gasteiger partial charge is 0.225 e. The minimum absolute atomic E-state index is 0.285. The number of hydrogen-bond acceptors (Lipinski definition) is 4. The maximum absolute atomic E-state index is 12.8. The van der Waals surface area contributed by atoms with Gasteiger partial charge in [0.25, 0.3) is 0 Å². The number of amides is 1. The lowest BCUT2D eigenvalue weighted by atomic mass is 9.92. The number of nitrogens with zero attached hydrogens (tertiary/aromatic N) is 3. The van der Waals surface area contributed by atoms with Crippen molar-refractivity contribution in [2.24, 2.45) is 5.92 Å². The van der Waals surface area contributed by atoms with Crippen LogP contribution in [-0.2, 0) is 11.2 Å². The van der Waals surface area contributed by atoms with Crippen molar-refractivity contribution in [3.8, 4) is 0 Å². The zero-order valence-electron chi connectivity index (χ0n) is 17.8. The van der Waals surface area contributed by atoms with Crippen LogP contribution in [0.25, 0.3) is 0 Å². The van der Waals surface area contributed by atoms with Crippen LogP contribution in [0.1, 0.15) is 37.7 Å². The van der Waals surface area contributed by atoms with Crippen LogP contribution in [0.15, 0.2) is 30.3 Å². The molecule has 29 heavy (non-hydrogen) atoms. The van der Waals surface area contributed by atoms with Gasteiger partial charge in [-0.05, 0) is 76.8 Å². The van der Waals surface area contributed by atoms with Crippen molar-refractivity contribution >= 4 is 17.7 Å². The number of rotatable bonds is 6. The van der Waals surface area contributed by atoms with Crippen LogP contribution in [0.3, 0.4) is 0 Å². The van der Waals surface area contributed by atoms with E-state index in [4.69, 9.17) is 0 Å². The van der Waals surface area contributed by atoms with Gasteiger partial charge in [0.1, 0.15) is 0 Å². The molecule has 0 N–H and O–H groups in total. The van der Waals surface area contributed by atoms with Crippen molar-refractivity contribution in [2.45, 2.75) is 44.6 Å². The number of hydrogen-bond donors (Lipinski definition) is 0.